The maximum atomic E-state index is 14.2. The molecule has 1 aliphatic heterocycles. The average Bonchev–Trinajstić information content (AvgIpc) is 3.29. The van der Waals surface area contributed by atoms with Gasteiger partial charge in [0.25, 0.3) is 0 Å². The van der Waals surface area contributed by atoms with Gasteiger partial charge in [0.05, 0.1) is 24.6 Å². The van der Waals surface area contributed by atoms with E-state index in [4.69, 9.17) is 4.74 Å². The number of nitrogens with zero attached hydrogens (tertiary/aromatic N) is 1. The van der Waals surface area contributed by atoms with Crippen LogP contribution in [0.15, 0.2) is 107 Å². The number of imide groups is 1. The molecule has 0 spiro atoms. The molecule has 0 bridgehead atoms. The summed E-state index contributed by atoms with van der Waals surface area (Å²) in [7, 11) is 1.45. The molecule has 3 aromatic carbocycles. The van der Waals surface area contributed by atoms with Crippen LogP contribution in [0, 0.1) is 17.8 Å². The Morgan fingerprint density at radius 1 is 0.864 bits per heavy atom. The topological polar surface area (TPSA) is 113 Å². The highest BCUT2D eigenvalue weighted by Gasteiger charge is 2.56. The van der Waals surface area contributed by atoms with Crippen LogP contribution in [-0.4, -0.2) is 35.6 Å². The second kappa shape index (κ2) is 10.5. The van der Waals surface area contributed by atoms with Gasteiger partial charge in [-0.1, -0.05) is 42.0 Å². The molecular formula is C36H30N2O6. The zero-order valence-corrected chi connectivity index (χ0v) is 24.2. The molecule has 1 saturated heterocycles. The Labute approximate surface area is 254 Å². The highest BCUT2D eigenvalue weighted by atomic mass is 16.5. The molecule has 4 aliphatic rings. The van der Waals surface area contributed by atoms with E-state index in [0.29, 0.717) is 34.4 Å². The predicted octanol–water partition coefficient (Wildman–Crippen LogP) is 5.78. The minimum atomic E-state index is -0.749. The summed E-state index contributed by atoms with van der Waals surface area (Å²) < 4.78 is 5.36. The van der Waals surface area contributed by atoms with Gasteiger partial charge in [0, 0.05) is 39.6 Å². The Kier molecular flexibility index (Phi) is 6.57. The summed E-state index contributed by atoms with van der Waals surface area (Å²) in [6.45, 7) is 1.61. The van der Waals surface area contributed by atoms with Crippen LogP contribution >= 0.6 is 0 Å². The van der Waals surface area contributed by atoms with Crippen LogP contribution < -0.4 is 15.0 Å². The standard InChI is InChI=1S/C36H30N2O6/c1-19-17-28(39)32-27(33(19)40)18-26-23(30(32)24-9-6-10-29(44-2)34(24)41)15-16-25-31(26)36(43)38(35(25)42)22-13-11-21(12-14-22)37-20-7-4-3-5-8-20/h3-15,17,25-26,30-31,37,41H,16,18H2,1-2H3. The van der Waals surface area contributed by atoms with Gasteiger partial charge in [0.15, 0.2) is 23.1 Å². The van der Waals surface area contributed by atoms with Gasteiger partial charge in [0.2, 0.25) is 11.8 Å². The molecule has 4 atom stereocenters. The Morgan fingerprint density at radius 2 is 1.59 bits per heavy atom. The van der Waals surface area contributed by atoms with Gasteiger partial charge in [-0.25, -0.2) is 0 Å². The van der Waals surface area contributed by atoms with Crippen LogP contribution in [0.2, 0.25) is 0 Å². The minimum Gasteiger partial charge on any atom is -0.504 e. The lowest BCUT2D eigenvalue weighted by atomic mass is 9.59. The molecule has 0 aromatic heterocycles. The quantitative estimate of drug-likeness (QED) is 0.221. The maximum absolute atomic E-state index is 14.2. The maximum Gasteiger partial charge on any atom is 0.238 e. The number of carbonyl (C=O) groups is 4. The molecule has 7 rings (SSSR count). The van der Waals surface area contributed by atoms with Gasteiger partial charge >= 0.3 is 0 Å². The molecule has 4 unspecified atom stereocenters. The predicted molar refractivity (Wildman–Crippen MR) is 165 cm³/mol. The number of hydrogen-bond acceptors (Lipinski definition) is 7. The van der Waals surface area contributed by atoms with Crippen LogP contribution in [-0.2, 0) is 19.2 Å². The Balaban J connectivity index is 1.27. The second-order valence-corrected chi connectivity index (χ2v) is 11.7. The van der Waals surface area contributed by atoms with Crippen molar-refractivity contribution in [1.82, 2.24) is 0 Å². The van der Waals surface area contributed by atoms with Crippen LogP contribution in [0.1, 0.15) is 31.2 Å². The van der Waals surface area contributed by atoms with E-state index in [9.17, 15) is 24.3 Å². The van der Waals surface area contributed by atoms with Crippen molar-refractivity contribution in [3.05, 3.63) is 113 Å². The van der Waals surface area contributed by atoms with Crippen molar-refractivity contribution in [1.29, 1.82) is 0 Å². The third-order valence-corrected chi connectivity index (χ3v) is 9.31. The number of rotatable bonds is 5. The number of amides is 2. The van der Waals surface area contributed by atoms with Crippen LogP contribution in [0.25, 0.3) is 0 Å². The van der Waals surface area contributed by atoms with Gasteiger partial charge in [-0.05, 0) is 74.2 Å². The first kappa shape index (κ1) is 27.6. The lowest BCUT2D eigenvalue weighted by Crippen LogP contribution is -2.39. The van der Waals surface area contributed by atoms with Gasteiger partial charge < -0.3 is 15.2 Å². The number of phenolic OH excluding ortho intramolecular Hbond substituents is 1. The first-order valence-corrected chi connectivity index (χ1v) is 14.6. The van der Waals surface area contributed by atoms with Gasteiger partial charge in [-0.15, -0.1) is 0 Å². The molecule has 8 heteroatoms. The van der Waals surface area contributed by atoms with Gasteiger partial charge in [0.1, 0.15) is 0 Å². The first-order valence-electron chi connectivity index (χ1n) is 14.6. The van der Waals surface area contributed by atoms with Crippen molar-refractivity contribution in [3.8, 4) is 11.5 Å². The van der Waals surface area contributed by atoms with Crippen LogP contribution in [0.4, 0.5) is 17.1 Å². The zero-order valence-electron chi connectivity index (χ0n) is 24.2. The van der Waals surface area contributed by atoms with Crippen molar-refractivity contribution >= 4 is 40.4 Å². The summed E-state index contributed by atoms with van der Waals surface area (Å²) in [5, 5.41) is 14.5. The molecular weight excluding hydrogens is 556 g/mol. The number of benzene rings is 3. The summed E-state index contributed by atoms with van der Waals surface area (Å²) in [4.78, 5) is 56.2. The summed E-state index contributed by atoms with van der Waals surface area (Å²) >= 11 is 0. The zero-order chi connectivity index (χ0) is 30.7. The third kappa shape index (κ3) is 4.20. The molecule has 0 saturated carbocycles. The number of para-hydroxylation sites is 2. The number of hydrogen-bond donors (Lipinski definition) is 2. The van der Waals surface area contributed by atoms with Gasteiger partial charge in [-0.2, -0.15) is 0 Å². The number of nitrogens with one attached hydrogen (secondary N) is 1. The van der Waals surface area contributed by atoms with Crippen molar-refractivity contribution in [2.24, 2.45) is 17.8 Å². The fourth-order valence-corrected chi connectivity index (χ4v) is 7.31. The molecule has 3 aromatic rings. The van der Waals surface area contributed by atoms with E-state index in [0.717, 1.165) is 16.9 Å². The summed E-state index contributed by atoms with van der Waals surface area (Å²) in [5.41, 5.74) is 4.42. The van der Waals surface area contributed by atoms with Crippen molar-refractivity contribution < 1.29 is 29.0 Å². The number of aromatic hydroxyl groups is 1. The lowest BCUT2D eigenvalue weighted by molar-refractivity contribution is -0.123. The van der Waals surface area contributed by atoms with Gasteiger partial charge in [-0.3, -0.25) is 24.1 Å². The summed E-state index contributed by atoms with van der Waals surface area (Å²) in [6, 6.07) is 21.9. The lowest BCUT2D eigenvalue weighted by Gasteiger charge is -2.42. The monoisotopic (exact) mass is 586 g/mol. The molecule has 44 heavy (non-hydrogen) atoms. The van der Waals surface area contributed by atoms with E-state index in [1.807, 2.05) is 48.5 Å². The Bertz CT molecular complexity index is 1840. The molecule has 0 radical (unpaired) electrons. The second-order valence-electron chi connectivity index (χ2n) is 11.7. The van der Waals surface area contributed by atoms with E-state index in [1.54, 1.807) is 37.3 Å². The van der Waals surface area contributed by atoms with E-state index in [1.165, 1.54) is 18.1 Å². The number of phenols is 1. The average molecular weight is 587 g/mol. The molecule has 3 aliphatic carbocycles. The molecule has 220 valence electrons. The number of methoxy groups -OCH3 is 1. The van der Waals surface area contributed by atoms with Crippen molar-refractivity contribution in [3.63, 3.8) is 0 Å². The summed E-state index contributed by atoms with van der Waals surface area (Å²) in [5.74, 6) is -3.55. The number of Topliss-reactive ketones (excluding diaryl/α,β-unsaturated/α-hetero) is 1. The molecule has 1 heterocycles. The highest BCUT2D eigenvalue weighted by Crippen LogP contribution is 2.57. The number of anilines is 3. The van der Waals surface area contributed by atoms with E-state index in [2.05, 4.69) is 5.32 Å². The van der Waals surface area contributed by atoms with Crippen molar-refractivity contribution in [2.75, 3.05) is 17.3 Å². The first-order chi connectivity index (χ1) is 21.3. The van der Waals surface area contributed by atoms with Crippen LogP contribution in [0.5, 0.6) is 11.5 Å². The normalized spacial score (nSPS) is 24.4. The third-order valence-electron chi connectivity index (χ3n) is 9.31. The van der Waals surface area contributed by atoms with E-state index < -0.39 is 23.7 Å². The Morgan fingerprint density at radius 3 is 2.32 bits per heavy atom. The minimum absolute atomic E-state index is 0.123. The van der Waals surface area contributed by atoms with Crippen LogP contribution in [0.3, 0.4) is 0 Å². The molecule has 1 fully saturated rings. The fraction of sp³-hybridized carbons (Fsp3) is 0.222. The van der Waals surface area contributed by atoms with Crippen molar-refractivity contribution in [2.45, 2.75) is 25.7 Å². The largest absolute Gasteiger partial charge is 0.504 e. The number of carbonyl (C=O) groups excluding carboxylic acids is 4. The highest BCUT2D eigenvalue weighted by molar-refractivity contribution is 6.25. The molecule has 2 amide bonds. The number of fused-ring (bicyclic) bond motifs is 3. The smallest absolute Gasteiger partial charge is 0.238 e. The number of ketones is 2. The SMILES string of the molecule is COc1cccc(C2C3=CCC4C(=O)N(c5ccc(Nc6ccccc6)cc5)C(=O)C4C3CC3=C2C(=O)C=C(C)C3=O)c1O. The number of ether oxygens (including phenoxy) is 1. The molecule has 8 nitrogen and oxygen atoms in total. The van der Waals surface area contributed by atoms with E-state index in [-0.39, 0.29) is 41.3 Å². The fourth-order valence-electron chi connectivity index (χ4n) is 7.31. The summed E-state index contributed by atoms with van der Waals surface area (Å²) in [6.07, 6.45) is 3.77. The van der Waals surface area contributed by atoms with E-state index >= 15 is 0 Å². The molecule has 2 N–H and O–H groups in total. The number of allylic oxidation sites excluding steroid dienone is 6. The Hall–Kier alpha value is -5.24.